The van der Waals surface area contributed by atoms with Crippen molar-refractivity contribution in [3.05, 3.63) is 42.1 Å². The van der Waals surface area contributed by atoms with Gasteiger partial charge in [0.25, 0.3) is 5.91 Å². The fourth-order valence-electron chi connectivity index (χ4n) is 2.92. The summed E-state index contributed by atoms with van der Waals surface area (Å²) >= 11 is 0. The number of benzene rings is 1. The van der Waals surface area contributed by atoms with E-state index in [0.717, 1.165) is 24.9 Å². The summed E-state index contributed by atoms with van der Waals surface area (Å²) in [4.78, 5) is 26.2. The van der Waals surface area contributed by atoms with Gasteiger partial charge in [0.15, 0.2) is 11.5 Å². The smallest absolute Gasteiger partial charge is 0.273 e. The van der Waals surface area contributed by atoms with Gasteiger partial charge in [-0.2, -0.15) is 0 Å². The molecule has 0 aliphatic carbocycles. The monoisotopic (exact) mass is 378 g/mol. The van der Waals surface area contributed by atoms with E-state index in [1.54, 1.807) is 11.0 Å². The lowest BCUT2D eigenvalue weighted by Crippen LogP contribution is -2.49. The molecule has 1 aromatic heterocycles. The fourth-order valence-corrected chi connectivity index (χ4v) is 2.92. The maximum Gasteiger partial charge on any atom is 0.273 e. The van der Waals surface area contributed by atoms with Crippen molar-refractivity contribution < 1.29 is 14.1 Å². The molecular weight excluding hydrogens is 356 g/mol. The van der Waals surface area contributed by atoms with Gasteiger partial charge in [0.1, 0.15) is 0 Å². The minimum atomic E-state index is -0.415. The van der Waals surface area contributed by atoms with Gasteiger partial charge in [0.05, 0.1) is 6.54 Å². The molecule has 0 bridgehead atoms. The lowest BCUT2D eigenvalue weighted by atomic mass is 10.1. The SMILES string of the molecule is CNC1CCCN(C(=O)CNC(=O)c2cc(-c3ccccc3)on2)C1.Cl. The molecule has 1 unspecified atom stereocenters. The van der Waals surface area contributed by atoms with Crippen LogP contribution in [0.5, 0.6) is 0 Å². The summed E-state index contributed by atoms with van der Waals surface area (Å²) in [6.07, 6.45) is 2.03. The van der Waals surface area contributed by atoms with Crippen molar-refractivity contribution in [3.63, 3.8) is 0 Å². The largest absolute Gasteiger partial charge is 0.355 e. The molecule has 0 spiro atoms. The van der Waals surface area contributed by atoms with Gasteiger partial charge in [0.2, 0.25) is 5.91 Å². The Hall–Kier alpha value is -2.38. The zero-order valence-electron chi connectivity index (χ0n) is 14.6. The highest BCUT2D eigenvalue weighted by molar-refractivity contribution is 5.95. The second-order valence-corrected chi connectivity index (χ2v) is 6.09. The maximum absolute atomic E-state index is 12.3. The van der Waals surface area contributed by atoms with Gasteiger partial charge in [-0.3, -0.25) is 9.59 Å². The molecule has 7 nitrogen and oxygen atoms in total. The number of halogens is 1. The van der Waals surface area contributed by atoms with Crippen LogP contribution in [0, 0.1) is 0 Å². The third-order valence-corrected chi connectivity index (χ3v) is 4.38. The number of carbonyl (C=O) groups excluding carboxylic acids is 2. The number of hydrogen-bond acceptors (Lipinski definition) is 5. The van der Waals surface area contributed by atoms with Crippen LogP contribution in [0.4, 0.5) is 0 Å². The second kappa shape index (κ2) is 9.35. The van der Waals surface area contributed by atoms with E-state index >= 15 is 0 Å². The van der Waals surface area contributed by atoms with Crippen molar-refractivity contribution in [2.75, 3.05) is 26.7 Å². The van der Waals surface area contributed by atoms with Crippen LogP contribution >= 0.6 is 12.4 Å². The number of nitrogens with zero attached hydrogens (tertiary/aromatic N) is 2. The number of rotatable bonds is 5. The topological polar surface area (TPSA) is 87.5 Å². The van der Waals surface area contributed by atoms with Crippen LogP contribution in [0.15, 0.2) is 40.9 Å². The quantitative estimate of drug-likeness (QED) is 0.826. The summed E-state index contributed by atoms with van der Waals surface area (Å²) in [7, 11) is 1.90. The zero-order valence-corrected chi connectivity index (χ0v) is 15.4. The average Bonchev–Trinajstić information content (AvgIpc) is 3.17. The highest BCUT2D eigenvalue weighted by Crippen LogP contribution is 2.19. The highest BCUT2D eigenvalue weighted by atomic mass is 35.5. The predicted molar refractivity (Wildman–Crippen MR) is 100 cm³/mol. The molecule has 1 atom stereocenters. The van der Waals surface area contributed by atoms with Crippen LogP contribution in [0.2, 0.25) is 0 Å². The molecule has 1 aliphatic rings. The van der Waals surface area contributed by atoms with E-state index in [1.165, 1.54) is 0 Å². The fraction of sp³-hybridized carbons (Fsp3) is 0.389. The number of likely N-dealkylation sites (tertiary alicyclic amines) is 1. The Kier molecular flexibility index (Phi) is 7.17. The second-order valence-electron chi connectivity index (χ2n) is 6.09. The Morgan fingerprint density at radius 1 is 1.31 bits per heavy atom. The lowest BCUT2D eigenvalue weighted by molar-refractivity contribution is -0.131. The van der Waals surface area contributed by atoms with Gasteiger partial charge in [-0.05, 0) is 19.9 Å². The first-order chi connectivity index (χ1) is 12.2. The molecule has 0 radical (unpaired) electrons. The van der Waals surface area contributed by atoms with Gasteiger partial charge in [0, 0.05) is 30.8 Å². The number of hydrogen-bond donors (Lipinski definition) is 2. The van der Waals surface area contributed by atoms with Gasteiger partial charge in [-0.25, -0.2) is 0 Å². The first kappa shape index (κ1) is 19.9. The number of nitrogens with one attached hydrogen (secondary N) is 2. The Balaban J connectivity index is 0.00000243. The molecule has 2 aromatic rings. The number of aromatic nitrogens is 1. The van der Waals surface area contributed by atoms with Crippen LogP contribution < -0.4 is 10.6 Å². The summed E-state index contributed by atoms with van der Waals surface area (Å²) in [5.74, 6) is 0.0199. The zero-order chi connectivity index (χ0) is 17.6. The standard InChI is InChI=1S/C18H22N4O3.ClH/c1-19-14-8-5-9-22(12-14)17(23)11-20-18(24)15-10-16(25-21-15)13-6-3-2-4-7-13;/h2-4,6-7,10,14,19H,5,8-9,11-12H2,1H3,(H,20,24);1H. The first-order valence-corrected chi connectivity index (χ1v) is 8.42. The summed E-state index contributed by atoms with van der Waals surface area (Å²) in [6, 6.07) is 11.3. The van der Waals surface area contributed by atoms with E-state index in [-0.39, 0.29) is 30.6 Å². The van der Waals surface area contributed by atoms with Crippen molar-refractivity contribution in [2.24, 2.45) is 0 Å². The van der Waals surface area contributed by atoms with Crippen LogP contribution in [-0.2, 0) is 4.79 Å². The number of carbonyl (C=O) groups is 2. The molecule has 26 heavy (non-hydrogen) atoms. The average molecular weight is 379 g/mol. The molecule has 8 heteroatoms. The molecule has 1 fully saturated rings. The van der Waals surface area contributed by atoms with Crippen LogP contribution in [0.1, 0.15) is 23.3 Å². The molecule has 2 heterocycles. The Morgan fingerprint density at radius 2 is 2.08 bits per heavy atom. The number of amides is 2. The summed E-state index contributed by atoms with van der Waals surface area (Å²) in [6.45, 7) is 1.37. The molecule has 0 saturated carbocycles. The maximum atomic E-state index is 12.3. The van der Waals surface area contributed by atoms with Gasteiger partial charge >= 0.3 is 0 Å². The minimum Gasteiger partial charge on any atom is -0.355 e. The van der Waals surface area contributed by atoms with E-state index in [0.29, 0.717) is 18.3 Å². The first-order valence-electron chi connectivity index (χ1n) is 8.42. The van der Waals surface area contributed by atoms with E-state index in [4.69, 9.17) is 4.52 Å². The van der Waals surface area contributed by atoms with Crippen LogP contribution in [-0.4, -0.2) is 54.6 Å². The minimum absolute atomic E-state index is 0. The van der Waals surface area contributed by atoms with Gasteiger partial charge in [-0.15, -0.1) is 12.4 Å². The molecule has 1 saturated heterocycles. The summed E-state index contributed by atoms with van der Waals surface area (Å²) < 4.78 is 5.21. The molecule has 1 aliphatic heterocycles. The molecule has 3 rings (SSSR count). The van der Waals surface area contributed by atoms with Crippen molar-refractivity contribution in [2.45, 2.75) is 18.9 Å². The number of likely N-dealkylation sites (N-methyl/N-ethyl adjacent to an activating group) is 1. The lowest BCUT2D eigenvalue weighted by Gasteiger charge is -2.32. The van der Waals surface area contributed by atoms with Crippen molar-refractivity contribution in [3.8, 4) is 11.3 Å². The Bertz CT molecular complexity index is 735. The molecule has 1 aromatic carbocycles. The summed E-state index contributed by atoms with van der Waals surface area (Å²) in [5.41, 5.74) is 1.01. The van der Waals surface area contributed by atoms with Crippen LogP contribution in [0.3, 0.4) is 0 Å². The predicted octanol–water partition coefficient (Wildman–Crippen LogP) is 1.70. The Labute approximate surface area is 158 Å². The van der Waals surface area contributed by atoms with E-state index in [2.05, 4.69) is 15.8 Å². The molecule has 2 N–H and O–H groups in total. The third-order valence-electron chi connectivity index (χ3n) is 4.38. The van der Waals surface area contributed by atoms with Crippen LogP contribution in [0.25, 0.3) is 11.3 Å². The molecule has 140 valence electrons. The highest BCUT2D eigenvalue weighted by Gasteiger charge is 2.23. The van der Waals surface area contributed by atoms with Gasteiger partial charge in [-0.1, -0.05) is 35.5 Å². The van der Waals surface area contributed by atoms with Crippen molar-refractivity contribution >= 4 is 24.2 Å². The van der Waals surface area contributed by atoms with E-state index < -0.39 is 5.91 Å². The third kappa shape index (κ3) is 4.83. The normalized spacial score (nSPS) is 16.7. The van der Waals surface area contributed by atoms with Crippen molar-refractivity contribution in [1.29, 1.82) is 0 Å². The van der Waals surface area contributed by atoms with E-state index in [9.17, 15) is 9.59 Å². The van der Waals surface area contributed by atoms with E-state index in [1.807, 2.05) is 37.4 Å². The Morgan fingerprint density at radius 3 is 2.81 bits per heavy atom. The number of piperidine rings is 1. The molecular formula is C18H23ClN4O3. The summed E-state index contributed by atoms with van der Waals surface area (Å²) in [5, 5.41) is 9.60. The molecule has 2 amide bonds. The van der Waals surface area contributed by atoms with Gasteiger partial charge < -0.3 is 20.1 Å². The van der Waals surface area contributed by atoms with Crippen molar-refractivity contribution in [1.82, 2.24) is 20.7 Å².